The molecule has 140 valence electrons. The maximum Gasteiger partial charge on any atom is 0.255 e. The van der Waals surface area contributed by atoms with E-state index in [0.717, 1.165) is 0 Å². The van der Waals surface area contributed by atoms with Crippen LogP contribution in [-0.4, -0.2) is 72.0 Å². The van der Waals surface area contributed by atoms with Crippen molar-refractivity contribution in [3.63, 3.8) is 0 Å². The number of carbonyl (C=O) groups excluding carboxylic acids is 1. The van der Waals surface area contributed by atoms with Crippen LogP contribution in [0.15, 0.2) is 18.2 Å². The van der Waals surface area contributed by atoms with Crippen molar-refractivity contribution in [2.45, 2.75) is 6.04 Å². The molecule has 1 aliphatic heterocycles. The van der Waals surface area contributed by atoms with Crippen molar-refractivity contribution in [3.05, 3.63) is 23.8 Å². The van der Waals surface area contributed by atoms with Gasteiger partial charge in [0, 0.05) is 20.0 Å². The third kappa shape index (κ3) is 4.42. The van der Waals surface area contributed by atoms with Gasteiger partial charge in [-0.3, -0.25) is 4.79 Å². The molecule has 1 aliphatic rings. The van der Waals surface area contributed by atoms with Gasteiger partial charge in [0.2, 0.25) is 10.0 Å². The van der Waals surface area contributed by atoms with Gasteiger partial charge < -0.3 is 19.5 Å². The smallest absolute Gasteiger partial charge is 0.255 e. The second-order valence-corrected chi connectivity index (χ2v) is 8.21. The van der Waals surface area contributed by atoms with Crippen molar-refractivity contribution >= 4 is 15.9 Å². The average Bonchev–Trinajstić information content (AvgIpc) is 2.99. The number of amides is 1. The Kier molecular flexibility index (Phi) is 6.26. The number of rotatable bonds is 7. The molecular weight excluding hydrogens is 348 g/mol. The molecule has 0 unspecified atom stereocenters. The Hall–Kier alpha value is -1.84. The van der Waals surface area contributed by atoms with E-state index >= 15 is 0 Å². The van der Waals surface area contributed by atoms with Crippen LogP contribution >= 0.6 is 0 Å². The minimum Gasteiger partial charge on any atom is -0.493 e. The first kappa shape index (κ1) is 19.5. The first-order valence-electron chi connectivity index (χ1n) is 7.80. The molecule has 1 N–H and O–H groups in total. The van der Waals surface area contributed by atoms with Gasteiger partial charge >= 0.3 is 0 Å². The predicted molar refractivity (Wildman–Crippen MR) is 92.6 cm³/mol. The molecule has 1 aromatic carbocycles. The van der Waals surface area contributed by atoms with Gasteiger partial charge in [-0.15, -0.1) is 0 Å². The number of carbonyl (C=O) groups is 1. The van der Waals surface area contributed by atoms with Crippen LogP contribution in [0.3, 0.4) is 0 Å². The lowest BCUT2D eigenvalue weighted by Gasteiger charge is -2.21. The van der Waals surface area contributed by atoms with Crippen molar-refractivity contribution in [3.8, 4) is 11.5 Å². The SMILES string of the molecule is COc1cccc(C(=O)N[C@@H]2COC[C@H]2CS(=O)(=O)N(C)C)c1OC. The quantitative estimate of drug-likeness (QED) is 0.742. The summed E-state index contributed by atoms with van der Waals surface area (Å²) >= 11 is 0. The van der Waals surface area contributed by atoms with E-state index in [1.54, 1.807) is 18.2 Å². The fourth-order valence-corrected chi connectivity index (χ4v) is 3.82. The van der Waals surface area contributed by atoms with E-state index < -0.39 is 16.1 Å². The maximum absolute atomic E-state index is 12.6. The first-order chi connectivity index (χ1) is 11.8. The Labute approximate surface area is 148 Å². The lowest BCUT2D eigenvalue weighted by molar-refractivity contribution is 0.0922. The molecule has 25 heavy (non-hydrogen) atoms. The number of hydrogen-bond acceptors (Lipinski definition) is 6. The fraction of sp³-hybridized carbons (Fsp3) is 0.562. The number of benzene rings is 1. The van der Waals surface area contributed by atoms with Crippen molar-refractivity contribution in [1.29, 1.82) is 0 Å². The highest BCUT2D eigenvalue weighted by Crippen LogP contribution is 2.31. The van der Waals surface area contributed by atoms with Crippen LogP contribution in [-0.2, 0) is 14.8 Å². The summed E-state index contributed by atoms with van der Waals surface area (Å²) < 4.78 is 41.2. The minimum atomic E-state index is -3.38. The molecule has 1 fully saturated rings. The van der Waals surface area contributed by atoms with Crippen molar-refractivity contribution < 1.29 is 27.4 Å². The molecule has 0 bridgehead atoms. The third-order valence-electron chi connectivity index (χ3n) is 4.14. The Bertz CT molecular complexity index is 719. The summed E-state index contributed by atoms with van der Waals surface area (Å²) in [4.78, 5) is 12.6. The number of methoxy groups -OCH3 is 2. The van der Waals surface area contributed by atoms with E-state index in [1.165, 1.54) is 32.6 Å². The minimum absolute atomic E-state index is 0.0831. The fourth-order valence-electron chi connectivity index (χ4n) is 2.65. The van der Waals surface area contributed by atoms with E-state index in [4.69, 9.17) is 14.2 Å². The van der Waals surface area contributed by atoms with Crippen LogP contribution in [0.2, 0.25) is 0 Å². The summed E-state index contributed by atoms with van der Waals surface area (Å²) in [5.74, 6) is 0.0232. The number of para-hydroxylation sites is 1. The van der Waals surface area contributed by atoms with Crippen LogP contribution < -0.4 is 14.8 Å². The summed E-state index contributed by atoms with van der Waals surface area (Å²) in [6, 6.07) is 4.62. The van der Waals surface area contributed by atoms with Gasteiger partial charge in [-0.25, -0.2) is 12.7 Å². The van der Waals surface area contributed by atoms with Crippen LogP contribution in [0.5, 0.6) is 11.5 Å². The van der Waals surface area contributed by atoms with Gasteiger partial charge in [0.05, 0.1) is 44.8 Å². The normalized spacial score (nSPS) is 20.5. The Morgan fingerprint density at radius 3 is 2.60 bits per heavy atom. The number of nitrogens with one attached hydrogen (secondary N) is 1. The summed E-state index contributed by atoms with van der Waals surface area (Å²) in [5, 5.41) is 2.85. The zero-order chi connectivity index (χ0) is 18.6. The zero-order valence-corrected chi connectivity index (χ0v) is 15.6. The van der Waals surface area contributed by atoms with Crippen LogP contribution in [0, 0.1) is 5.92 Å². The van der Waals surface area contributed by atoms with Gasteiger partial charge in [0.15, 0.2) is 11.5 Å². The van der Waals surface area contributed by atoms with Crippen LogP contribution in [0.4, 0.5) is 0 Å². The van der Waals surface area contributed by atoms with Gasteiger partial charge in [-0.2, -0.15) is 0 Å². The standard InChI is InChI=1S/C16H24N2O6S/c1-18(2)25(20,21)10-11-8-24-9-13(11)17-16(19)12-6-5-7-14(22-3)15(12)23-4/h5-7,11,13H,8-10H2,1-4H3,(H,17,19)/t11-,13+/m0/s1. The Morgan fingerprint density at radius 1 is 1.28 bits per heavy atom. The highest BCUT2D eigenvalue weighted by molar-refractivity contribution is 7.89. The molecule has 2 rings (SSSR count). The lowest BCUT2D eigenvalue weighted by Crippen LogP contribution is -2.43. The summed E-state index contributed by atoms with van der Waals surface area (Å²) in [6.45, 7) is 0.554. The molecule has 0 saturated carbocycles. The molecule has 8 nitrogen and oxygen atoms in total. The topological polar surface area (TPSA) is 94.2 Å². The monoisotopic (exact) mass is 372 g/mol. The van der Waals surface area contributed by atoms with E-state index in [1.807, 2.05) is 0 Å². The summed E-state index contributed by atoms with van der Waals surface area (Å²) in [5.41, 5.74) is 0.322. The predicted octanol–water partition coefficient (Wildman–Crippen LogP) is 0.340. The summed E-state index contributed by atoms with van der Waals surface area (Å²) in [7, 11) is 2.54. The van der Waals surface area contributed by atoms with E-state index in [2.05, 4.69) is 5.32 Å². The lowest BCUT2D eigenvalue weighted by atomic mass is 10.1. The second-order valence-electron chi connectivity index (χ2n) is 5.98. The molecule has 1 aromatic rings. The summed E-state index contributed by atoms with van der Waals surface area (Å²) in [6.07, 6.45) is 0. The largest absolute Gasteiger partial charge is 0.493 e. The molecule has 2 atom stereocenters. The van der Waals surface area contributed by atoms with Gasteiger partial charge in [0.25, 0.3) is 5.91 Å². The highest BCUT2D eigenvalue weighted by atomic mass is 32.2. The Balaban J connectivity index is 2.15. The van der Waals surface area contributed by atoms with E-state index in [9.17, 15) is 13.2 Å². The Morgan fingerprint density at radius 2 is 2.00 bits per heavy atom. The molecule has 1 saturated heterocycles. The van der Waals surface area contributed by atoms with E-state index in [-0.39, 0.29) is 30.8 Å². The molecule has 0 radical (unpaired) electrons. The van der Waals surface area contributed by atoms with Crippen molar-refractivity contribution in [2.24, 2.45) is 5.92 Å². The van der Waals surface area contributed by atoms with Crippen LogP contribution in [0.25, 0.3) is 0 Å². The van der Waals surface area contributed by atoms with Gasteiger partial charge in [0.1, 0.15) is 0 Å². The average molecular weight is 372 g/mol. The zero-order valence-electron chi connectivity index (χ0n) is 14.8. The first-order valence-corrected chi connectivity index (χ1v) is 9.41. The number of ether oxygens (including phenoxy) is 3. The van der Waals surface area contributed by atoms with Crippen LogP contribution in [0.1, 0.15) is 10.4 Å². The number of nitrogens with zero attached hydrogens (tertiary/aromatic N) is 1. The third-order valence-corrected chi connectivity index (χ3v) is 6.11. The van der Waals surface area contributed by atoms with Crippen molar-refractivity contribution in [2.75, 3.05) is 47.3 Å². The van der Waals surface area contributed by atoms with Gasteiger partial charge in [-0.05, 0) is 12.1 Å². The van der Waals surface area contributed by atoms with Crippen molar-refractivity contribution in [1.82, 2.24) is 9.62 Å². The molecular formula is C16H24N2O6S. The van der Waals surface area contributed by atoms with E-state index in [0.29, 0.717) is 17.1 Å². The van der Waals surface area contributed by atoms with Gasteiger partial charge in [-0.1, -0.05) is 6.07 Å². The number of hydrogen-bond donors (Lipinski definition) is 1. The maximum atomic E-state index is 12.6. The molecule has 0 aliphatic carbocycles. The molecule has 1 heterocycles. The second kappa shape index (κ2) is 8.03. The molecule has 0 aromatic heterocycles. The highest BCUT2D eigenvalue weighted by Gasteiger charge is 2.34. The molecule has 1 amide bonds. The molecule has 9 heteroatoms. The molecule has 0 spiro atoms. The number of sulfonamides is 1.